The van der Waals surface area contributed by atoms with E-state index in [0.29, 0.717) is 32.5 Å². The fourth-order valence-corrected chi connectivity index (χ4v) is 1.76. The smallest absolute Gasteiger partial charge is 0.276 e. The summed E-state index contributed by atoms with van der Waals surface area (Å²) in [7, 11) is -1.93. The Morgan fingerprint density at radius 2 is 2.00 bits per heavy atom. The Balaban J connectivity index is 3.54. The quantitative estimate of drug-likeness (QED) is 0.249. The fourth-order valence-electron chi connectivity index (χ4n) is 0.888. The van der Waals surface area contributed by atoms with Crippen LogP contribution in [0.3, 0.4) is 0 Å². The van der Waals surface area contributed by atoms with E-state index in [0.717, 1.165) is 0 Å². The van der Waals surface area contributed by atoms with Gasteiger partial charge in [0.1, 0.15) is 0 Å². The number of ether oxygens (including phenoxy) is 1. The predicted octanol–water partition coefficient (Wildman–Crippen LogP) is 0.147. The van der Waals surface area contributed by atoms with E-state index in [1.54, 1.807) is 0 Å². The highest BCUT2D eigenvalue weighted by atomic mass is 32.2. The maximum Gasteiger partial charge on any atom is 0.276 e. The molecule has 0 unspecified atom stereocenters. The Hall–Kier alpha value is -0.860. The highest BCUT2D eigenvalue weighted by molar-refractivity contribution is 7.87. The van der Waals surface area contributed by atoms with Crippen molar-refractivity contribution < 1.29 is 13.2 Å². The van der Waals surface area contributed by atoms with Gasteiger partial charge in [-0.05, 0) is 18.4 Å². The Bertz CT molecular complexity index is 312. The lowest BCUT2D eigenvalue weighted by molar-refractivity contribution is 0.204. The van der Waals surface area contributed by atoms with Gasteiger partial charge in [0, 0.05) is 31.7 Å². The first-order valence-corrected chi connectivity index (χ1v) is 6.35. The summed E-state index contributed by atoms with van der Waals surface area (Å²) in [5.74, 6) is 0. The third-order valence-electron chi connectivity index (χ3n) is 1.64. The van der Waals surface area contributed by atoms with Crippen molar-refractivity contribution in [1.29, 1.82) is 0 Å². The summed E-state index contributed by atoms with van der Waals surface area (Å²) in [6, 6.07) is 0. The molecular formula is C7H17N5O3S. The highest BCUT2D eigenvalue weighted by Gasteiger charge is 2.06. The van der Waals surface area contributed by atoms with Crippen molar-refractivity contribution in [3.8, 4) is 0 Å². The van der Waals surface area contributed by atoms with Crippen LogP contribution in [0.15, 0.2) is 5.11 Å². The summed E-state index contributed by atoms with van der Waals surface area (Å²) in [5, 5.41) is 3.34. The molecule has 0 heterocycles. The first kappa shape index (κ1) is 15.1. The van der Waals surface area contributed by atoms with Crippen molar-refractivity contribution in [1.82, 2.24) is 9.44 Å². The van der Waals surface area contributed by atoms with Crippen LogP contribution in [0, 0.1) is 0 Å². The fraction of sp³-hybridized carbons (Fsp3) is 1.00. The van der Waals surface area contributed by atoms with E-state index >= 15 is 0 Å². The first-order chi connectivity index (χ1) is 7.62. The van der Waals surface area contributed by atoms with Crippen molar-refractivity contribution in [2.24, 2.45) is 5.11 Å². The Labute approximate surface area is 95.2 Å². The van der Waals surface area contributed by atoms with E-state index in [4.69, 9.17) is 10.3 Å². The molecule has 0 amide bonds. The van der Waals surface area contributed by atoms with E-state index < -0.39 is 10.2 Å². The maximum atomic E-state index is 11.2. The lowest BCUT2D eigenvalue weighted by Crippen LogP contribution is -2.38. The van der Waals surface area contributed by atoms with Crippen LogP contribution in [-0.2, 0) is 14.9 Å². The second kappa shape index (κ2) is 9.37. The second-order valence-electron chi connectivity index (χ2n) is 2.95. The van der Waals surface area contributed by atoms with Crippen molar-refractivity contribution in [3.05, 3.63) is 10.4 Å². The van der Waals surface area contributed by atoms with Crippen LogP contribution in [0.1, 0.15) is 12.8 Å². The normalized spacial score (nSPS) is 11.1. The predicted molar refractivity (Wildman–Crippen MR) is 60.0 cm³/mol. The molecule has 0 saturated heterocycles. The van der Waals surface area contributed by atoms with Gasteiger partial charge in [0.25, 0.3) is 10.2 Å². The van der Waals surface area contributed by atoms with Crippen LogP contribution in [-0.4, -0.2) is 41.8 Å². The molecule has 0 atom stereocenters. The minimum Gasteiger partial charge on any atom is -0.383 e. The lowest BCUT2D eigenvalue weighted by atomic mass is 10.3. The van der Waals surface area contributed by atoms with E-state index in [1.807, 2.05) is 0 Å². The van der Waals surface area contributed by atoms with Crippen LogP contribution in [0.25, 0.3) is 10.4 Å². The van der Waals surface area contributed by atoms with Crippen molar-refractivity contribution in [2.75, 3.05) is 33.4 Å². The molecule has 94 valence electrons. The summed E-state index contributed by atoms with van der Waals surface area (Å²) >= 11 is 0. The molecule has 2 N–H and O–H groups in total. The summed E-state index contributed by atoms with van der Waals surface area (Å²) in [4.78, 5) is 2.59. The van der Waals surface area contributed by atoms with Gasteiger partial charge >= 0.3 is 0 Å². The van der Waals surface area contributed by atoms with Gasteiger partial charge in [0.05, 0.1) is 6.61 Å². The van der Waals surface area contributed by atoms with Gasteiger partial charge in [-0.25, -0.2) is 4.72 Å². The average molecular weight is 251 g/mol. The molecule has 0 aliphatic rings. The molecule has 0 radical (unpaired) electrons. The number of nitrogens with one attached hydrogen (secondary N) is 2. The zero-order valence-corrected chi connectivity index (χ0v) is 10.0. The zero-order chi connectivity index (χ0) is 12.3. The van der Waals surface area contributed by atoms with E-state index in [1.165, 1.54) is 7.11 Å². The maximum absolute atomic E-state index is 11.2. The molecule has 8 nitrogen and oxygen atoms in total. The van der Waals surface area contributed by atoms with E-state index in [9.17, 15) is 8.42 Å². The summed E-state index contributed by atoms with van der Waals surface area (Å²) < 4.78 is 31.9. The molecule has 0 aliphatic heterocycles. The van der Waals surface area contributed by atoms with Gasteiger partial charge < -0.3 is 4.74 Å². The van der Waals surface area contributed by atoms with E-state index in [-0.39, 0.29) is 6.54 Å². The number of methoxy groups -OCH3 is 1. The van der Waals surface area contributed by atoms with Crippen LogP contribution in [0.4, 0.5) is 0 Å². The number of azide groups is 1. The molecule has 0 aliphatic carbocycles. The topological polar surface area (TPSA) is 116 Å². The van der Waals surface area contributed by atoms with Gasteiger partial charge in [-0.3, -0.25) is 0 Å². The number of hydrogen-bond donors (Lipinski definition) is 2. The molecule has 0 fully saturated rings. The van der Waals surface area contributed by atoms with Gasteiger partial charge in [0.15, 0.2) is 0 Å². The van der Waals surface area contributed by atoms with Crippen LogP contribution in [0.2, 0.25) is 0 Å². The summed E-state index contributed by atoms with van der Waals surface area (Å²) in [6.45, 7) is 1.28. The third-order valence-corrected chi connectivity index (χ3v) is 2.81. The first-order valence-electron chi connectivity index (χ1n) is 4.86. The number of hydrogen-bond acceptors (Lipinski definition) is 4. The van der Waals surface area contributed by atoms with Crippen LogP contribution < -0.4 is 9.44 Å². The van der Waals surface area contributed by atoms with Gasteiger partial charge in [0.2, 0.25) is 0 Å². The molecule has 0 bridgehead atoms. The SMILES string of the molecule is COCCNS(=O)(=O)NCCCCN=[N+]=[N-]. The molecule has 0 aromatic rings. The van der Waals surface area contributed by atoms with Crippen LogP contribution in [0.5, 0.6) is 0 Å². The van der Waals surface area contributed by atoms with Crippen molar-refractivity contribution in [3.63, 3.8) is 0 Å². The zero-order valence-electron chi connectivity index (χ0n) is 9.22. The average Bonchev–Trinajstić information content (AvgIpc) is 2.23. The molecule has 0 aromatic heterocycles. The van der Waals surface area contributed by atoms with Crippen molar-refractivity contribution in [2.45, 2.75) is 12.8 Å². The summed E-state index contributed by atoms with van der Waals surface area (Å²) in [5.41, 5.74) is 8.00. The Morgan fingerprint density at radius 3 is 2.62 bits per heavy atom. The van der Waals surface area contributed by atoms with E-state index in [2.05, 4.69) is 19.5 Å². The largest absolute Gasteiger partial charge is 0.383 e. The molecule has 0 rings (SSSR count). The molecule has 0 aromatic carbocycles. The molecule has 0 saturated carbocycles. The van der Waals surface area contributed by atoms with Crippen LogP contribution >= 0.6 is 0 Å². The lowest BCUT2D eigenvalue weighted by Gasteiger charge is -2.07. The Morgan fingerprint density at radius 1 is 1.31 bits per heavy atom. The molecular weight excluding hydrogens is 234 g/mol. The Kier molecular flexibility index (Phi) is 8.87. The second-order valence-corrected chi connectivity index (χ2v) is 4.53. The van der Waals surface area contributed by atoms with Crippen molar-refractivity contribution >= 4 is 10.2 Å². The van der Waals surface area contributed by atoms with Gasteiger partial charge in [-0.1, -0.05) is 5.11 Å². The number of unbranched alkanes of at least 4 members (excludes halogenated alkanes) is 1. The molecule has 0 spiro atoms. The summed E-state index contributed by atoms with van der Waals surface area (Å²) in [6.07, 6.45) is 1.29. The van der Waals surface area contributed by atoms with Gasteiger partial charge in [-0.2, -0.15) is 13.1 Å². The molecule has 16 heavy (non-hydrogen) atoms. The standard InChI is InChI=1S/C7H17N5O3S/c1-15-7-6-11-16(13,14)10-5-3-2-4-9-12-8/h10-11H,2-7H2,1H3. The number of nitrogens with zero attached hydrogens (tertiary/aromatic N) is 3. The van der Waals surface area contributed by atoms with Gasteiger partial charge in [-0.15, -0.1) is 0 Å². The monoisotopic (exact) mass is 251 g/mol. The third kappa shape index (κ3) is 9.69. The molecule has 9 heteroatoms. The minimum atomic E-state index is -3.43. The minimum absolute atomic E-state index is 0.241. The number of rotatable bonds is 10. The highest BCUT2D eigenvalue weighted by Crippen LogP contribution is 1.89.